The van der Waals surface area contributed by atoms with Crippen LogP contribution in [0.2, 0.25) is 0 Å². The van der Waals surface area contributed by atoms with Crippen molar-refractivity contribution in [3.8, 4) is 0 Å². The van der Waals surface area contributed by atoms with E-state index >= 15 is 0 Å². The summed E-state index contributed by atoms with van der Waals surface area (Å²) >= 11 is 0. The number of aliphatic carboxylic acids is 1. The first-order chi connectivity index (χ1) is 4.54. The lowest BCUT2D eigenvalue weighted by Crippen LogP contribution is -2.35. The van der Waals surface area contributed by atoms with E-state index in [9.17, 15) is 4.79 Å². The highest BCUT2D eigenvalue weighted by molar-refractivity contribution is 5.73. The van der Waals surface area contributed by atoms with Gasteiger partial charge in [0.05, 0.1) is 12.7 Å². The minimum Gasteiger partial charge on any atom is -0.480 e. The molecular weight excluding hydrogens is 134 g/mol. The minimum absolute atomic E-state index is 0.0328. The molecule has 0 aliphatic rings. The zero-order valence-electron chi connectivity index (χ0n) is 6.20. The van der Waals surface area contributed by atoms with Gasteiger partial charge in [0.2, 0.25) is 0 Å². The summed E-state index contributed by atoms with van der Waals surface area (Å²) in [7, 11) is 0. The zero-order valence-corrected chi connectivity index (χ0v) is 6.20. The molecule has 0 saturated carbocycles. The van der Waals surface area contributed by atoms with Gasteiger partial charge in [0, 0.05) is 0 Å². The van der Waals surface area contributed by atoms with Crippen LogP contribution >= 0.6 is 0 Å². The molecule has 4 heteroatoms. The normalized spacial score (nSPS) is 13.6. The first kappa shape index (κ1) is 9.39. The largest absolute Gasteiger partial charge is 0.480 e. The number of hydrogen-bond acceptors (Lipinski definition) is 3. The van der Waals surface area contributed by atoms with Gasteiger partial charge in [-0.05, 0) is 13.8 Å². The van der Waals surface area contributed by atoms with E-state index < -0.39 is 12.0 Å². The fourth-order valence-corrected chi connectivity index (χ4v) is 0.367. The van der Waals surface area contributed by atoms with Crippen LogP contribution in [-0.2, 0) is 9.53 Å². The van der Waals surface area contributed by atoms with Crippen molar-refractivity contribution in [1.29, 1.82) is 0 Å². The molecule has 0 unspecified atom stereocenters. The number of hydrogen-bond donors (Lipinski definition) is 2. The third-order valence-electron chi connectivity index (χ3n) is 0.926. The summed E-state index contributed by atoms with van der Waals surface area (Å²) in [6.45, 7) is 3.73. The minimum atomic E-state index is -1.03. The maximum absolute atomic E-state index is 10.1. The van der Waals surface area contributed by atoms with Gasteiger partial charge >= 0.3 is 5.97 Å². The van der Waals surface area contributed by atoms with Crippen molar-refractivity contribution in [2.24, 2.45) is 5.73 Å². The van der Waals surface area contributed by atoms with Gasteiger partial charge < -0.3 is 15.6 Å². The Balaban J connectivity index is 3.40. The van der Waals surface area contributed by atoms with Gasteiger partial charge in [-0.2, -0.15) is 0 Å². The molecular formula is C6H13NO3. The fraction of sp³-hybridized carbons (Fsp3) is 0.833. The third kappa shape index (κ3) is 4.29. The summed E-state index contributed by atoms with van der Waals surface area (Å²) in [6, 6.07) is -0.901. The molecule has 0 bridgehead atoms. The van der Waals surface area contributed by atoms with Crippen molar-refractivity contribution in [1.82, 2.24) is 0 Å². The predicted molar refractivity (Wildman–Crippen MR) is 36.7 cm³/mol. The molecule has 0 aliphatic heterocycles. The standard InChI is InChI=1S/C6H13NO3/c1-4(2)10-3-5(7)6(8)9/h4-5H,3,7H2,1-2H3,(H,8,9)/t5-/m1/s1. The van der Waals surface area contributed by atoms with Crippen molar-refractivity contribution in [2.75, 3.05) is 6.61 Å². The Hall–Kier alpha value is -0.610. The van der Waals surface area contributed by atoms with Crippen molar-refractivity contribution >= 4 is 5.97 Å². The molecule has 0 aromatic carbocycles. The highest BCUT2D eigenvalue weighted by Gasteiger charge is 2.11. The van der Waals surface area contributed by atoms with Gasteiger partial charge in [0.25, 0.3) is 0 Å². The Morgan fingerprint density at radius 1 is 1.70 bits per heavy atom. The number of nitrogens with two attached hydrogens (primary N) is 1. The lowest BCUT2D eigenvalue weighted by atomic mass is 10.3. The Labute approximate surface area is 60.0 Å². The molecule has 1 atom stereocenters. The second-order valence-corrected chi connectivity index (χ2v) is 2.33. The molecule has 4 nitrogen and oxygen atoms in total. The molecule has 0 radical (unpaired) electrons. The van der Waals surface area contributed by atoms with Crippen LogP contribution in [0, 0.1) is 0 Å². The molecule has 0 fully saturated rings. The van der Waals surface area contributed by atoms with Gasteiger partial charge in [-0.1, -0.05) is 0 Å². The molecule has 60 valence electrons. The fourth-order valence-electron chi connectivity index (χ4n) is 0.367. The smallest absolute Gasteiger partial charge is 0.322 e. The lowest BCUT2D eigenvalue weighted by molar-refractivity contribution is -0.140. The average molecular weight is 147 g/mol. The molecule has 0 aromatic heterocycles. The van der Waals surface area contributed by atoms with Crippen LogP contribution in [0.4, 0.5) is 0 Å². The second kappa shape index (κ2) is 4.24. The summed E-state index contributed by atoms with van der Waals surface area (Å²) < 4.78 is 4.96. The van der Waals surface area contributed by atoms with Crippen molar-refractivity contribution in [3.63, 3.8) is 0 Å². The lowest BCUT2D eigenvalue weighted by Gasteiger charge is -2.09. The van der Waals surface area contributed by atoms with E-state index in [-0.39, 0.29) is 12.7 Å². The summed E-state index contributed by atoms with van der Waals surface area (Å²) in [4.78, 5) is 10.1. The number of ether oxygens (including phenoxy) is 1. The van der Waals surface area contributed by atoms with Gasteiger partial charge in [0.15, 0.2) is 0 Å². The van der Waals surface area contributed by atoms with Gasteiger partial charge in [-0.25, -0.2) is 0 Å². The van der Waals surface area contributed by atoms with E-state index in [4.69, 9.17) is 15.6 Å². The van der Waals surface area contributed by atoms with E-state index in [1.165, 1.54) is 0 Å². The third-order valence-corrected chi connectivity index (χ3v) is 0.926. The van der Waals surface area contributed by atoms with E-state index in [0.717, 1.165) is 0 Å². The van der Waals surface area contributed by atoms with E-state index in [1.54, 1.807) is 0 Å². The van der Waals surface area contributed by atoms with Crippen molar-refractivity contribution in [3.05, 3.63) is 0 Å². The van der Waals surface area contributed by atoms with Gasteiger partial charge in [-0.3, -0.25) is 4.79 Å². The number of carboxylic acid groups (broad SMARTS) is 1. The Morgan fingerprint density at radius 3 is 2.50 bits per heavy atom. The molecule has 3 N–H and O–H groups in total. The highest BCUT2D eigenvalue weighted by atomic mass is 16.5. The average Bonchev–Trinajstić information content (AvgIpc) is 1.82. The maximum atomic E-state index is 10.1. The van der Waals surface area contributed by atoms with Crippen LogP contribution in [0.25, 0.3) is 0 Å². The predicted octanol–water partition coefficient (Wildman–Crippen LogP) is -0.177. The van der Waals surface area contributed by atoms with Crippen LogP contribution in [-0.4, -0.2) is 29.8 Å². The number of carboxylic acids is 1. The second-order valence-electron chi connectivity index (χ2n) is 2.33. The van der Waals surface area contributed by atoms with Crippen LogP contribution < -0.4 is 5.73 Å². The first-order valence-corrected chi connectivity index (χ1v) is 3.14. The molecule has 10 heavy (non-hydrogen) atoms. The van der Waals surface area contributed by atoms with Crippen LogP contribution in [0.1, 0.15) is 13.8 Å². The van der Waals surface area contributed by atoms with Crippen LogP contribution in [0.3, 0.4) is 0 Å². The molecule has 0 amide bonds. The van der Waals surface area contributed by atoms with Gasteiger partial charge in [-0.15, -0.1) is 0 Å². The zero-order chi connectivity index (χ0) is 8.15. The van der Waals surface area contributed by atoms with E-state index in [0.29, 0.717) is 0 Å². The highest BCUT2D eigenvalue weighted by Crippen LogP contribution is 1.89. The topological polar surface area (TPSA) is 72.5 Å². The first-order valence-electron chi connectivity index (χ1n) is 3.14. The monoisotopic (exact) mass is 147 g/mol. The summed E-state index contributed by atoms with van der Waals surface area (Å²) in [6.07, 6.45) is 0.0328. The van der Waals surface area contributed by atoms with Crippen LogP contribution in [0.15, 0.2) is 0 Å². The van der Waals surface area contributed by atoms with Crippen molar-refractivity contribution in [2.45, 2.75) is 26.0 Å². The van der Waals surface area contributed by atoms with Crippen LogP contribution in [0.5, 0.6) is 0 Å². The van der Waals surface area contributed by atoms with Crippen molar-refractivity contribution < 1.29 is 14.6 Å². The molecule has 0 spiro atoms. The summed E-state index contributed by atoms with van der Waals surface area (Å²) in [5.74, 6) is -1.03. The Bertz CT molecular complexity index is 114. The van der Waals surface area contributed by atoms with E-state index in [1.807, 2.05) is 13.8 Å². The molecule has 0 heterocycles. The Morgan fingerprint density at radius 2 is 2.20 bits per heavy atom. The summed E-state index contributed by atoms with van der Waals surface area (Å²) in [5, 5.41) is 8.29. The summed E-state index contributed by atoms with van der Waals surface area (Å²) in [5.41, 5.74) is 5.14. The molecule has 0 aromatic rings. The van der Waals surface area contributed by atoms with Gasteiger partial charge in [0.1, 0.15) is 6.04 Å². The van der Waals surface area contributed by atoms with E-state index in [2.05, 4.69) is 0 Å². The molecule has 0 saturated heterocycles. The number of carbonyl (C=O) groups is 1. The quantitative estimate of drug-likeness (QED) is 0.578. The molecule has 0 rings (SSSR count). The molecule has 0 aliphatic carbocycles. The maximum Gasteiger partial charge on any atom is 0.322 e. The SMILES string of the molecule is CC(C)OC[C@@H](N)C(=O)O. The Kier molecular flexibility index (Phi) is 3.99. The number of rotatable bonds is 4.